The number of aromatic amines is 1. The Kier molecular flexibility index (Phi) is 4.58. The summed E-state index contributed by atoms with van der Waals surface area (Å²) in [5.41, 5.74) is 3.67. The van der Waals surface area contributed by atoms with E-state index in [1.165, 1.54) is 24.1 Å². The highest BCUT2D eigenvalue weighted by molar-refractivity contribution is 5.76. The molecule has 1 aliphatic heterocycles. The zero-order valence-corrected chi connectivity index (χ0v) is 13.0. The number of H-pyrrole nitrogens is 1. The molecule has 0 bridgehead atoms. The zero-order chi connectivity index (χ0) is 14.7. The summed E-state index contributed by atoms with van der Waals surface area (Å²) in [6, 6.07) is 0. The standard InChI is InChI=1S/C16H26N4O/c1-20-8-6-12(7-9-20)10-16(21)17-11-15-13-4-2-3-5-14(13)18-19-15/h12H,2-11H2,1H3,(H,17,21)(H,18,19). The average molecular weight is 290 g/mol. The van der Waals surface area contributed by atoms with Crippen molar-refractivity contribution in [3.8, 4) is 0 Å². The van der Waals surface area contributed by atoms with Gasteiger partial charge in [0.25, 0.3) is 0 Å². The second-order valence-electron chi connectivity index (χ2n) is 6.56. The molecule has 0 spiro atoms. The number of nitrogens with zero attached hydrogens (tertiary/aromatic N) is 2. The van der Waals surface area contributed by atoms with Crippen molar-refractivity contribution in [2.24, 2.45) is 5.92 Å². The summed E-state index contributed by atoms with van der Waals surface area (Å²) in [6.45, 7) is 2.81. The van der Waals surface area contributed by atoms with Gasteiger partial charge in [0.1, 0.15) is 0 Å². The summed E-state index contributed by atoms with van der Waals surface area (Å²) >= 11 is 0. The van der Waals surface area contributed by atoms with Crippen LogP contribution in [-0.2, 0) is 24.2 Å². The highest BCUT2D eigenvalue weighted by atomic mass is 16.1. The third-order valence-electron chi connectivity index (χ3n) is 4.91. The first-order valence-electron chi connectivity index (χ1n) is 8.22. The van der Waals surface area contributed by atoms with E-state index in [4.69, 9.17) is 0 Å². The second-order valence-corrected chi connectivity index (χ2v) is 6.56. The van der Waals surface area contributed by atoms with Gasteiger partial charge in [0.2, 0.25) is 5.91 Å². The number of carbonyl (C=O) groups excluding carboxylic acids is 1. The monoisotopic (exact) mass is 290 g/mol. The number of nitrogens with one attached hydrogen (secondary N) is 2. The van der Waals surface area contributed by atoms with Gasteiger partial charge in [-0.15, -0.1) is 0 Å². The van der Waals surface area contributed by atoms with Gasteiger partial charge < -0.3 is 10.2 Å². The van der Waals surface area contributed by atoms with Gasteiger partial charge in [0.05, 0.1) is 12.2 Å². The Balaban J connectivity index is 1.46. The highest BCUT2D eigenvalue weighted by Gasteiger charge is 2.20. The fourth-order valence-corrected chi connectivity index (χ4v) is 3.48. The molecule has 2 heterocycles. The molecule has 1 fully saturated rings. The van der Waals surface area contributed by atoms with Crippen LogP contribution < -0.4 is 5.32 Å². The number of fused-ring (bicyclic) bond motifs is 1. The third-order valence-corrected chi connectivity index (χ3v) is 4.91. The Bertz CT molecular complexity index is 488. The van der Waals surface area contributed by atoms with E-state index in [1.807, 2.05) is 0 Å². The zero-order valence-electron chi connectivity index (χ0n) is 13.0. The molecule has 2 aliphatic rings. The molecule has 3 rings (SSSR count). The van der Waals surface area contributed by atoms with Gasteiger partial charge in [-0.25, -0.2) is 0 Å². The first kappa shape index (κ1) is 14.6. The lowest BCUT2D eigenvalue weighted by Gasteiger charge is -2.28. The normalized spacial score (nSPS) is 20.2. The maximum Gasteiger partial charge on any atom is 0.220 e. The summed E-state index contributed by atoms with van der Waals surface area (Å²) < 4.78 is 0. The van der Waals surface area contributed by atoms with Gasteiger partial charge in [0.15, 0.2) is 0 Å². The van der Waals surface area contributed by atoms with Crippen LogP contribution in [0.3, 0.4) is 0 Å². The first-order valence-corrected chi connectivity index (χ1v) is 8.22. The third kappa shape index (κ3) is 3.64. The van der Waals surface area contributed by atoms with E-state index in [2.05, 4.69) is 27.5 Å². The van der Waals surface area contributed by atoms with Crippen LogP contribution in [0, 0.1) is 5.92 Å². The van der Waals surface area contributed by atoms with E-state index in [-0.39, 0.29) is 5.91 Å². The SMILES string of the molecule is CN1CCC(CC(=O)NCc2n[nH]c3c2CCCC3)CC1. The minimum absolute atomic E-state index is 0.178. The lowest BCUT2D eigenvalue weighted by Crippen LogP contribution is -2.33. The van der Waals surface area contributed by atoms with Crippen LogP contribution in [0.25, 0.3) is 0 Å². The van der Waals surface area contributed by atoms with Gasteiger partial charge in [-0.2, -0.15) is 5.10 Å². The molecule has 2 N–H and O–H groups in total. The average Bonchev–Trinajstić information content (AvgIpc) is 2.91. The fourth-order valence-electron chi connectivity index (χ4n) is 3.48. The van der Waals surface area contributed by atoms with Crippen LogP contribution >= 0.6 is 0 Å². The van der Waals surface area contributed by atoms with Gasteiger partial charge in [0, 0.05) is 12.1 Å². The Morgan fingerprint density at radius 2 is 2.10 bits per heavy atom. The summed E-state index contributed by atoms with van der Waals surface area (Å²) in [5, 5.41) is 10.6. The number of rotatable bonds is 4. The van der Waals surface area contributed by atoms with E-state index in [0.29, 0.717) is 18.9 Å². The van der Waals surface area contributed by atoms with Crippen molar-refractivity contribution < 1.29 is 4.79 Å². The molecule has 0 saturated carbocycles. The summed E-state index contributed by atoms with van der Waals surface area (Å²) in [4.78, 5) is 14.4. The number of aryl methyl sites for hydroxylation is 1. The summed E-state index contributed by atoms with van der Waals surface area (Å²) in [6.07, 6.45) is 7.64. The molecule has 1 saturated heterocycles. The topological polar surface area (TPSA) is 61.0 Å². The molecular weight excluding hydrogens is 264 g/mol. The van der Waals surface area contributed by atoms with Crippen molar-refractivity contribution in [3.05, 3.63) is 17.0 Å². The molecule has 116 valence electrons. The Morgan fingerprint density at radius 1 is 1.33 bits per heavy atom. The molecule has 5 nitrogen and oxygen atoms in total. The number of piperidine rings is 1. The largest absolute Gasteiger partial charge is 0.350 e. The van der Waals surface area contributed by atoms with Crippen molar-refractivity contribution in [2.75, 3.05) is 20.1 Å². The van der Waals surface area contributed by atoms with Crippen LogP contribution in [-0.4, -0.2) is 41.1 Å². The van der Waals surface area contributed by atoms with E-state index in [1.54, 1.807) is 0 Å². The van der Waals surface area contributed by atoms with Crippen LogP contribution in [0.5, 0.6) is 0 Å². The maximum absolute atomic E-state index is 12.1. The van der Waals surface area contributed by atoms with E-state index in [9.17, 15) is 4.79 Å². The van der Waals surface area contributed by atoms with Crippen molar-refractivity contribution in [3.63, 3.8) is 0 Å². The van der Waals surface area contributed by atoms with E-state index in [0.717, 1.165) is 44.5 Å². The number of likely N-dealkylation sites (tertiary alicyclic amines) is 1. The van der Waals surface area contributed by atoms with Gasteiger partial charge in [-0.3, -0.25) is 9.89 Å². The quantitative estimate of drug-likeness (QED) is 0.886. The molecule has 21 heavy (non-hydrogen) atoms. The highest BCUT2D eigenvalue weighted by Crippen LogP contribution is 2.22. The predicted octanol–water partition coefficient (Wildman–Crippen LogP) is 1.64. The molecule has 0 radical (unpaired) electrons. The Labute approximate surface area is 126 Å². The van der Waals surface area contributed by atoms with E-state index < -0.39 is 0 Å². The van der Waals surface area contributed by atoms with Crippen molar-refractivity contribution in [1.29, 1.82) is 0 Å². The second kappa shape index (κ2) is 6.60. The van der Waals surface area contributed by atoms with Crippen molar-refractivity contribution in [1.82, 2.24) is 20.4 Å². The summed E-state index contributed by atoms with van der Waals surface area (Å²) in [7, 11) is 2.15. The predicted molar refractivity (Wildman–Crippen MR) is 81.9 cm³/mol. The molecule has 0 unspecified atom stereocenters. The van der Waals surface area contributed by atoms with Crippen LogP contribution in [0.1, 0.15) is 49.1 Å². The van der Waals surface area contributed by atoms with Crippen LogP contribution in [0.15, 0.2) is 0 Å². The number of amides is 1. The molecule has 0 atom stereocenters. The fraction of sp³-hybridized carbons (Fsp3) is 0.750. The van der Waals surface area contributed by atoms with Crippen LogP contribution in [0.2, 0.25) is 0 Å². The number of hydrogen-bond acceptors (Lipinski definition) is 3. The van der Waals surface area contributed by atoms with E-state index >= 15 is 0 Å². The molecule has 1 amide bonds. The molecule has 1 aliphatic carbocycles. The molecule has 5 heteroatoms. The smallest absolute Gasteiger partial charge is 0.220 e. The molecule has 0 aromatic carbocycles. The number of hydrogen-bond donors (Lipinski definition) is 2. The first-order chi connectivity index (χ1) is 10.2. The number of aromatic nitrogens is 2. The minimum atomic E-state index is 0.178. The van der Waals surface area contributed by atoms with Gasteiger partial charge in [-0.1, -0.05) is 0 Å². The Hall–Kier alpha value is -1.36. The number of carbonyl (C=O) groups is 1. The van der Waals surface area contributed by atoms with Crippen molar-refractivity contribution in [2.45, 2.75) is 51.5 Å². The maximum atomic E-state index is 12.1. The van der Waals surface area contributed by atoms with Crippen molar-refractivity contribution >= 4 is 5.91 Å². The van der Waals surface area contributed by atoms with Gasteiger partial charge >= 0.3 is 0 Å². The minimum Gasteiger partial charge on any atom is -0.350 e. The van der Waals surface area contributed by atoms with Gasteiger partial charge in [-0.05, 0) is 70.1 Å². The van der Waals surface area contributed by atoms with Crippen LogP contribution in [0.4, 0.5) is 0 Å². The molecule has 1 aromatic heterocycles. The Morgan fingerprint density at radius 3 is 2.90 bits per heavy atom. The molecule has 1 aromatic rings. The molecular formula is C16H26N4O. The lowest BCUT2D eigenvalue weighted by atomic mass is 9.93. The summed E-state index contributed by atoms with van der Waals surface area (Å²) in [5.74, 6) is 0.728. The lowest BCUT2D eigenvalue weighted by molar-refractivity contribution is -0.122.